The number of nitrogens with one attached hydrogen (secondary N) is 1. The quantitative estimate of drug-likeness (QED) is 0.809. The minimum absolute atomic E-state index is 0.0697. The molecule has 1 heterocycles. The molecular formula is C17H21ClN2O3. The molecule has 6 heteroatoms. The summed E-state index contributed by atoms with van der Waals surface area (Å²) >= 11 is 5.91. The largest absolute Gasteiger partial charge is 0.496 e. The first-order valence-electron chi connectivity index (χ1n) is 7.37. The number of hydrogen-bond acceptors (Lipinski definition) is 3. The van der Waals surface area contributed by atoms with Gasteiger partial charge in [-0.05, 0) is 18.2 Å². The van der Waals surface area contributed by atoms with Crippen molar-refractivity contribution in [2.45, 2.75) is 13.3 Å². The van der Waals surface area contributed by atoms with E-state index in [2.05, 4.69) is 11.9 Å². The van der Waals surface area contributed by atoms with Crippen LogP contribution in [-0.2, 0) is 16.0 Å². The SMILES string of the molecule is C=CC(=O)N1CC(C)(CNC(=O)Cc2ccc(Cl)cc2OC)C1. The maximum absolute atomic E-state index is 12.1. The normalized spacial score (nSPS) is 15.5. The molecule has 0 unspecified atom stereocenters. The number of nitrogens with zero attached hydrogens (tertiary/aromatic N) is 1. The molecule has 1 aliphatic rings. The van der Waals surface area contributed by atoms with Crippen molar-refractivity contribution >= 4 is 23.4 Å². The molecule has 0 aromatic heterocycles. The summed E-state index contributed by atoms with van der Waals surface area (Å²) in [5, 5.41) is 3.50. The summed E-state index contributed by atoms with van der Waals surface area (Å²) in [4.78, 5) is 25.3. The number of ether oxygens (including phenoxy) is 1. The van der Waals surface area contributed by atoms with E-state index in [4.69, 9.17) is 16.3 Å². The Morgan fingerprint density at radius 3 is 2.78 bits per heavy atom. The van der Waals surface area contributed by atoms with Gasteiger partial charge >= 0.3 is 0 Å². The van der Waals surface area contributed by atoms with Gasteiger partial charge in [0.05, 0.1) is 13.5 Å². The maximum Gasteiger partial charge on any atom is 0.245 e. The van der Waals surface area contributed by atoms with Crippen LogP contribution < -0.4 is 10.1 Å². The van der Waals surface area contributed by atoms with Crippen molar-refractivity contribution in [1.29, 1.82) is 0 Å². The van der Waals surface area contributed by atoms with Crippen LogP contribution in [0.2, 0.25) is 5.02 Å². The van der Waals surface area contributed by atoms with Crippen LogP contribution in [-0.4, -0.2) is 43.5 Å². The van der Waals surface area contributed by atoms with Crippen molar-refractivity contribution in [2.24, 2.45) is 5.41 Å². The number of hydrogen-bond donors (Lipinski definition) is 1. The maximum atomic E-state index is 12.1. The van der Waals surface area contributed by atoms with Crippen LogP contribution in [0, 0.1) is 5.41 Å². The summed E-state index contributed by atoms with van der Waals surface area (Å²) in [6, 6.07) is 5.21. The zero-order chi connectivity index (χ0) is 17.0. The molecule has 1 N–H and O–H groups in total. The van der Waals surface area contributed by atoms with Crippen LogP contribution in [0.25, 0.3) is 0 Å². The number of carbonyl (C=O) groups excluding carboxylic acids is 2. The summed E-state index contributed by atoms with van der Waals surface area (Å²) in [7, 11) is 1.55. The molecule has 2 rings (SSSR count). The van der Waals surface area contributed by atoms with Crippen molar-refractivity contribution in [3.05, 3.63) is 41.4 Å². The second-order valence-corrected chi connectivity index (χ2v) is 6.56. The van der Waals surface area contributed by atoms with Crippen LogP contribution in [0.15, 0.2) is 30.9 Å². The van der Waals surface area contributed by atoms with E-state index >= 15 is 0 Å². The second kappa shape index (κ2) is 7.04. The first-order chi connectivity index (χ1) is 10.9. The second-order valence-electron chi connectivity index (χ2n) is 6.12. The highest BCUT2D eigenvalue weighted by Crippen LogP contribution is 2.29. The van der Waals surface area contributed by atoms with Gasteiger partial charge < -0.3 is 15.0 Å². The Morgan fingerprint density at radius 1 is 1.48 bits per heavy atom. The Balaban J connectivity index is 1.85. The zero-order valence-corrected chi connectivity index (χ0v) is 14.2. The van der Waals surface area contributed by atoms with Crippen molar-refractivity contribution in [1.82, 2.24) is 10.2 Å². The fraction of sp³-hybridized carbons (Fsp3) is 0.412. The summed E-state index contributed by atoms with van der Waals surface area (Å²) in [6.07, 6.45) is 1.54. The molecule has 0 bridgehead atoms. The molecular weight excluding hydrogens is 316 g/mol. The lowest BCUT2D eigenvalue weighted by Crippen LogP contribution is -2.60. The number of rotatable bonds is 6. The molecule has 1 aromatic rings. The molecule has 1 fully saturated rings. The first kappa shape index (κ1) is 17.3. The lowest BCUT2D eigenvalue weighted by Gasteiger charge is -2.47. The first-order valence-corrected chi connectivity index (χ1v) is 7.75. The van der Waals surface area contributed by atoms with Crippen LogP contribution in [0.5, 0.6) is 5.75 Å². The number of carbonyl (C=O) groups is 2. The molecule has 5 nitrogen and oxygen atoms in total. The average Bonchev–Trinajstić information content (AvgIpc) is 2.51. The number of likely N-dealkylation sites (tertiary alicyclic amines) is 1. The van der Waals surface area contributed by atoms with Gasteiger partial charge in [0.25, 0.3) is 0 Å². The summed E-state index contributed by atoms with van der Waals surface area (Å²) in [5.41, 5.74) is 0.704. The fourth-order valence-electron chi connectivity index (χ4n) is 2.68. The van der Waals surface area contributed by atoms with Gasteiger partial charge in [0.15, 0.2) is 0 Å². The zero-order valence-electron chi connectivity index (χ0n) is 13.4. The van der Waals surface area contributed by atoms with Crippen LogP contribution in [0.3, 0.4) is 0 Å². The Labute approximate surface area is 141 Å². The number of benzene rings is 1. The van der Waals surface area contributed by atoms with E-state index in [0.29, 0.717) is 30.4 Å². The third kappa shape index (κ3) is 4.26. The molecule has 1 saturated heterocycles. The molecule has 2 amide bonds. The van der Waals surface area contributed by atoms with Gasteiger partial charge in [-0.25, -0.2) is 0 Å². The van der Waals surface area contributed by atoms with Gasteiger partial charge in [0.2, 0.25) is 11.8 Å². The average molecular weight is 337 g/mol. The van der Waals surface area contributed by atoms with E-state index in [9.17, 15) is 9.59 Å². The van der Waals surface area contributed by atoms with Crippen LogP contribution in [0.1, 0.15) is 12.5 Å². The van der Waals surface area contributed by atoms with Crippen LogP contribution >= 0.6 is 11.6 Å². The van der Waals surface area contributed by atoms with Gasteiger partial charge in [-0.3, -0.25) is 9.59 Å². The van der Waals surface area contributed by atoms with Crippen molar-refractivity contribution in [2.75, 3.05) is 26.7 Å². The van der Waals surface area contributed by atoms with Gasteiger partial charge in [0.1, 0.15) is 5.75 Å². The van der Waals surface area contributed by atoms with Crippen molar-refractivity contribution < 1.29 is 14.3 Å². The predicted octanol–water partition coefficient (Wildman–Crippen LogP) is 2.04. The van der Waals surface area contributed by atoms with E-state index in [1.807, 2.05) is 6.92 Å². The Kier molecular flexibility index (Phi) is 5.31. The highest BCUT2D eigenvalue weighted by Gasteiger charge is 2.40. The van der Waals surface area contributed by atoms with E-state index in [0.717, 1.165) is 5.56 Å². The van der Waals surface area contributed by atoms with Gasteiger partial charge in [-0.1, -0.05) is 31.2 Å². The summed E-state index contributed by atoms with van der Waals surface area (Å²) in [5.74, 6) is 0.449. The number of methoxy groups -OCH3 is 1. The summed E-state index contributed by atoms with van der Waals surface area (Å²) < 4.78 is 5.24. The highest BCUT2D eigenvalue weighted by molar-refractivity contribution is 6.30. The Morgan fingerprint density at radius 2 is 2.17 bits per heavy atom. The van der Waals surface area contributed by atoms with E-state index in [-0.39, 0.29) is 23.7 Å². The third-order valence-electron chi connectivity index (χ3n) is 3.94. The number of halogens is 1. The molecule has 0 atom stereocenters. The highest BCUT2D eigenvalue weighted by atomic mass is 35.5. The van der Waals surface area contributed by atoms with Crippen molar-refractivity contribution in [3.63, 3.8) is 0 Å². The Bertz CT molecular complexity index is 624. The van der Waals surface area contributed by atoms with Gasteiger partial charge in [-0.15, -0.1) is 0 Å². The third-order valence-corrected chi connectivity index (χ3v) is 4.18. The standard InChI is InChI=1S/C17H21ClN2O3/c1-4-16(22)20-10-17(2,11-20)9-19-15(21)7-12-5-6-13(18)8-14(12)23-3/h4-6,8H,1,7,9-11H2,2-3H3,(H,19,21). The van der Waals surface area contributed by atoms with Crippen molar-refractivity contribution in [3.8, 4) is 5.75 Å². The topological polar surface area (TPSA) is 58.6 Å². The minimum atomic E-state index is -0.0849. The van der Waals surface area contributed by atoms with E-state index in [1.54, 1.807) is 30.2 Å². The number of amides is 2. The summed E-state index contributed by atoms with van der Waals surface area (Å²) in [6.45, 7) is 7.30. The molecule has 0 spiro atoms. The molecule has 124 valence electrons. The molecule has 1 aliphatic heterocycles. The molecule has 1 aromatic carbocycles. The molecule has 23 heavy (non-hydrogen) atoms. The molecule has 0 saturated carbocycles. The molecule has 0 radical (unpaired) electrons. The van der Waals surface area contributed by atoms with Crippen LogP contribution in [0.4, 0.5) is 0 Å². The predicted molar refractivity (Wildman–Crippen MR) is 89.6 cm³/mol. The Hall–Kier alpha value is -2.01. The fourth-order valence-corrected chi connectivity index (χ4v) is 2.85. The minimum Gasteiger partial charge on any atom is -0.496 e. The monoisotopic (exact) mass is 336 g/mol. The van der Waals surface area contributed by atoms with E-state index in [1.165, 1.54) is 6.08 Å². The molecule has 0 aliphatic carbocycles. The lowest BCUT2D eigenvalue weighted by atomic mass is 9.81. The smallest absolute Gasteiger partial charge is 0.245 e. The lowest BCUT2D eigenvalue weighted by molar-refractivity contribution is -0.137. The van der Waals surface area contributed by atoms with Gasteiger partial charge in [-0.2, -0.15) is 0 Å². The van der Waals surface area contributed by atoms with Gasteiger partial charge in [0, 0.05) is 35.6 Å². The van der Waals surface area contributed by atoms with E-state index < -0.39 is 0 Å².